The van der Waals surface area contributed by atoms with E-state index >= 15 is 0 Å². The highest BCUT2D eigenvalue weighted by molar-refractivity contribution is 9.10. The second-order valence-electron chi connectivity index (χ2n) is 2.65. The Labute approximate surface area is 89.4 Å². The van der Waals surface area contributed by atoms with E-state index in [0.29, 0.717) is 10.2 Å². The molecule has 0 amide bonds. The van der Waals surface area contributed by atoms with Crippen LogP contribution in [-0.2, 0) is 21.9 Å². The number of halogens is 2. The lowest BCUT2D eigenvalue weighted by Crippen LogP contribution is -2.03. The Balaban J connectivity index is 3.15. The summed E-state index contributed by atoms with van der Waals surface area (Å²) in [6, 6.07) is 0. The van der Waals surface area contributed by atoms with Crippen LogP contribution in [-0.4, -0.2) is 18.2 Å². The molecule has 0 atom stereocenters. The largest absolute Gasteiger partial charge is 0.270 e. The fourth-order valence-corrected chi connectivity index (χ4v) is 2.63. The molecule has 0 unspecified atom stereocenters. The summed E-state index contributed by atoms with van der Waals surface area (Å²) in [6.07, 6.45) is 0. The third-order valence-corrected chi connectivity index (χ3v) is 3.55. The molecular formula is C6H8BrClN2O2S. The van der Waals surface area contributed by atoms with Crippen molar-refractivity contribution in [1.29, 1.82) is 0 Å². The van der Waals surface area contributed by atoms with Crippen LogP contribution in [0.3, 0.4) is 0 Å². The lowest BCUT2D eigenvalue weighted by atomic mass is 10.4. The Kier molecular flexibility index (Phi) is 3.04. The Morgan fingerprint density at radius 3 is 2.46 bits per heavy atom. The van der Waals surface area contributed by atoms with Crippen molar-refractivity contribution in [2.45, 2.75) is 12.7 Å². The minimum atomic E-state index is -3.53. The highest BCUT2D eigenvalue weighted by atomic mass is 79.9. The molecule has 74 valence electrons. The number of nitrogens with zero attached hydrogens (tertiary/aromatic N) is 2. The van der Waals surface area contributed by atoms with E-state index in [1.165, 1.54) is 4.68 Å². The molecule has 0 saturated carbocycles. The molecule has 0 aliphatic rings. The standard InChI is InChI=1S/C6H8BrClN2O2S/c1-4-6(7)5(10(2)9-4)3-13(8,11)12/h3H2,1-2H3. The highest BCUT2D eigenvalue weighted by Gasteiger charge is 2.16. The van der Waals surface area contributed by atoms with Crippen molar-refractivity contribution in [2.75, 3.05) is 0 Å². The Morgan fingerprint density at radius 2 is 2.15 bits per heavy atom. The molecule has 4 nitrogen and oxygen atoms in total. The van der Waals surface area contributed by atoms with Crippen LogP contribution >= 0.6 is 26.6 Å². The van der Waals surface area contributed by atoms with E-state index in [1.807, 2.05) is 0 Å². The van der Waals surface area contributed by atoms with Crippen molar-refractivity contribution in [1.82, 2.24) is 9.78 Å². The second kappa shape index (κ2) is 3.59. The first-order chi connectivity index (χ1) is 5.81. The molecule has 0 fully saturated rings. The first-order valence-corrected chi connectivity index (χ1v) is 6.68. The van der Waals surface area contributed by atoms with E-state index < -0.39 is 9.05 Å². The number of aromatic nitrogens is 2. The lowest BCUT2D eigenvalue weighted by Gasteiger charge is -1.98. The monoisotopic (exact) mass is 286 g/mol. The number of aryl methyl sites for hydroxylation is 2. The van der Waals surface area contributed by atoms with Gasteiger partial charge in [-0.1, -0.05) is 0 Å². The molecule has 0 N–H and O–H groups in total. The molecule has 1 aromatic heterocycles. The van der Waals surface area contributed by atoms with Crippen molar-refractivity contribution in [3.05, 3.63) is 15.9 Å². The van der Waals surface area contributed by atoms with Gasteiger partial charge in [0.05, 0.1) is 15.9 Å². The third kappa shape index (κ3) is 2.69. The quantitative estimate of drug-likeness (QED) is 0.776. The molecular weight excluding hydrogens is 280 g/mol. The zero-order valence-electron chi connectivity index (χ0n) is 7.08. The summed E-state index contributed by atoms with van der Waals surface area (Å²) in [5, 5.41) is 4.04. The van der Waals surface area contributed by atoms with Gasteiger partial charge in [-0.05, 0) is 22.9 Å². The third-order valence-electron chi connectivity index (χ3n) is 1.57. The van der Waals surface area contributed by atoms with E-state index in [9.17, 15) is 8.42 Å². The van der Waals surface area contributed by atoms with Crippen molar-refractivity contribution in [3.8, 4) is 0 Å². The van der Waals surface area contributed by atoms with Gasteiger partial charge in [-0.3, -0.25) is 4.68 Å². The SMILES string of the molecule is Cc1nn(C)c(CS(=O)(=O)Cl)c1Br. The van der Waals surface area contributed by atoms with E-state index in [1.54, 1.807) is 14.0 Å². The normalized spacial score (nSPS) is 12.0. The van der Waals surface area contributed by atoms with Gasteiger partial charge in [0, 0.05) is 17.7 Å². The fraction of sp³-hybridized carbons (Fsp3) is 0.500. The van der Waals surface area contributed by atoms with E-state index in [4.69, 9.17) is 10.7 Å². The lowest BCUT2D eigenvalue weighted by molar-refractivity contribution is 0.605. The maximum absolute atomic E-state index is 10.8. The van der Waals surface area contributed by atoms with Crippen LogP contribution < -0.4 is 0 Å². The van der Waals surface area contributed by atoms with Gasteiger partial charge < -0.3 is 0 Å². The molecule has 0 saturated heterocycles. The molecule has 7 heteroatoms. The molecule has 0 aliphatic carbocycles. The maximum atomic E-state index is 10.8. The number of hydrogen-bond donors (Lipinski definition) is 0. The Hall–Kier alpha value is -0.0700. The van der Waals surface area contributed by atoms with Gasteiger partial charge >= 0.3 is 0 Å². The predicted octanol–water partition coefficient (Wildman–Crippen LogP) is 1.56. The van der Waals surface area contributed by atoms with Crippen LogP contribution in [0.25, 0.3) is 0 Å². The fourth-order valence-electron chi connectivity index (χ4n) is 1.00. The molecule has 0 aromatic carbocycles. The van der Waals surface area contributed by atoms with Gasteiger partial charge in [0.2, 0.25) is 9.05 Å². The van der Waals surface area contributed by atoms with Crippen LogP contribution in [0.1, 0.15) is 11.4 Å². The van der Waals surface area contributed by atoms with E-state index in [2.05, 4.69) is 21.0 Å². The zero-order chi connectivity index (χ0) is 10.2. The Bertz CT molecular complexity index is 426. The summed E-state index contributed by atoms with van der Waals surface area (Å²) in [5.74, 6) is -0.216. The summed E-state index contributed by atoms with van der Waals surface area (Å²) >= 11 is 3.25. The van der Waals surface area contributed by atoms with Crippen LogP contribution in [0.5, 0.6) is 0 Å². The molecule has 0 bridgehead atoms. The number of hydrogen-bond acceptors (Lipinski definition) is 3. The van der Waals surface area contributed by atoms with E-state index in [-0.39, 0.29) is 5.75 Å². The maximum Gasteiger partial charge on any atom is 0.238 e. The van der Waals surface area contributed by atoms with Crippen LogP contribution in [0.4, 0.5) is 0 Å². The average molecular weight is 288 g/mol. The summed E-state index contributed by atoms with van der Waals surface area (Å²) in [4.78, 5) is 0. The van der Waals surface area contributed by atoms with Crippen molar-refractivity contribution >= 4 is 35.7 Å². The molecule has 0 aliphatic heterocycles. The van der Waals surface area contributed by atoms with Gasteiger partial charge in [0.25, 0.3) is 0 Å². The minimum Gasteiger partial charge on any atom is -0.270 e. The van der Waals surface area contributed by atoms with Gasteiger partial charge in [-0.15, -0.1) is 0 Å². The summed E-state index contributed by atoms with van der Waals surface area (Å²) in [7, 11) is 3.28. The topological polar surface area (TPSA) is 52.0 Å². The second-order valence-corrected chi connectivity index (χ2v) is 6.22. The Morgan fingerprint density at radius 1 is 1.62 bits per heavy atom. The zero-order valence-corrected chi connectivity index (χ0v) is 10.2. The molecule has 0 radical (unpaired) electrons. The van der Waals surface area contributed by atoms with Gasteiger partial charge in [0.1, 0.15) is 5.75 Å². The summed E-state index contributed by atoms with van der Waals surface area (Å²) < 4.78 is 23.8. The van der Waals surface area contributed by atoms with Crippen molar-refractivity contribution < 1.29 is 8.42 Å². The van der Waals surface area contributed by atoms with E-state index in [0.717, 1.165) is 5.69 Å². The molecule has 1 rings (SSSR count). The van der Waals surface area contributed by atoms with Gasteiger partial charge in [-0.2, -0.15) is 5.10 Å². The van der Waals surface area contributed by atoms with Gasteiger partial charge in [0.15, 0.2) is 0 Å². The van der Waals surface area contributed by atoms with Crippen molar-refractivity contribution in [3.63, 3.8) is 0 Å². The number of rotatable bonds is 2. The summed E-state index contributed by atoms with van der Waals surface area (Å²) in [6.45, 7) is 1.79. The first-order valence-electron chi connectivity index (χ1n) is 3.41. The highest BCUT2D eigenvalue weighted by Crippen LogP contribution is 2.22. The molecule has 0 spiro atoms. The molecule has 13 heavy (non-hydrogen) atoms. The van der Waals surface area contributed by atoms with Gasteiger partial charge in [-0.25, -0.2) is 8.42 Å². The van der Waals surface area contributed by atoms with Crippen LogP contribution in [0.2, 0.25) is 0 Å². The molecule has 1 aromatic rings. The van der Waals surface area contributed by atoms with Crippen LogP contribution in [0, 0.1) is 6.92 Å². The smallest absolute Gasteiger partial charge is 0.238 e. The minimum absolute atomic E-state index is 0.216. The predicted molar refractivity (Wildman–Crippen MR) is 54.1 cm³/mol. The average Bonchev–Trinajstić information content (AvgIpc) is 2.14. The molecule has 1 heterocycles. The first kappa shape index (κ1) is 11.0. The summed E-state index contributed by atoms with van der Waals surface area (Å²) in [5.41, 5.74) is 1.31. The van der Waals surface area contributed by atoms with Crippen molar-refractivity contribution in [2.24, 2.45) is 7.05 Å². The van der Waals surface area contributed by atoms with Crippen LogP contribution in [0.15, 0.2) is 4.47 Å².